The lowest BCUT2D eigenvalue weighted by Gasteiger charge is -2.05. The van der Waals surface area contributed by atoms with E-state index in [0.717, 1.165) is 6.07 Å². The number of carbonyl (C=O) groups is 2. The fourth-order valence-electron chi connectivity index (χ4n) is 1.33. The van der Waals surface area contributed by atoms with E-state index in [1.54, 1.807) is 6.07 Å². The molecule has 82 valence electrons. The molecule has 0 aliphatic heterocycles. The molecular formula is C12H10FNO2. The minimum atomic E-state index is -1.03. The maximum Gasteiger partial charge on any atom is 0.180 e. The van der Waals surface area contributed by atoms with Gasteiger partial charge in [0.2, 0.25) is 0 Å². The van der Waals surface area contributed by atoms with Gasteiger partial charge in [-0.3, -0.25) is 9.59 Å². The number of ketones is 2. The molecule has 0 saturated carbocycles. The van der Waals surface area contributed by atoms with Crippen LogP contribution in [0.25, 0.3) is 0 Å². The lowest BCUT2D eigenvalue weighted by Crippen LogP contribution is -2.16. The summed E-state index contributed by atoms with van der Waals surface area (Å²) < 4.78 is 12.9. The Morgan fingerprint density at radius 1 is 1.50 bits per heavy atom. The number of carbonyl (C=O) groups excluding carboxylic acids is 2. The number of nitrogens with zero attached hydrogens (tertiary/aromatic N) is 1. The second-order valence-electron chi connectivity index (χ2n) is 3.46. The molecule has 16 heavy (non-hydrogen) atoms. The van der Waals surface area contributed by atoms with Gasteiger partial charge in [0.15, 0.2) is 5.78 Å². The quantitative estimate of drug-likeness (QED) is 0.729. The Bertz CT molecular complexity index is 462. The van der Waals surface area contributed by atoms with Gasteiger partial charge in [-0.1, -0.05) is 12.1 Å². The molecule has 3 nitrogen and oxygen atoms in total. The van der Waals surface area contributed by atoms with Crippen molar-refractivity contribution in [2.45, 2.75) is 13.3 Å². The molecule has 0 heterocycles. The summed E-state index contributed by atoms with van der Waals surface area (Å²) in [5, 5.41) is 8.76. The van der Waals surface area contributed by atoms with Crippen molar-refractivity contribution in [1.82, 2.24) is 0 Å². The van der Waals surface area contributed by atoms with E-state index < -0.39 is 17.5 Å². The van der Waals surface area contributed by atoms with Crippen LogP contribution in [0.4, 0.5) is 4.39 Å². The molecule has 0 aliphatic rings. The molecular weight excluding hydrogens is 209 g/mol. The molecule has 1 aromatic carbocycles. The molecule has 0 saturated heterocycles. The van der Waals surface area contributed by atoms with Gasteiger partial charge in [-0.25, -0.2) is 4.39 Å². The summed E-state index contributed by atoms with van der Waals surface area (Å²) in [5.41, 5.74) is 0.118. The Labute approximate surface area is 92.5 Å². The van der Waals surface area contributed by atoms with Gasteiger partial charge in [-0.05, 0) is 19.1 Å². The van der Waals surface area contributed by atoms with E-state index in [4.69, 9.17) is 5.26 Å². The van der Waals surface area contributed by atoms with Crippen molar-refractivity contribution in [3.8, 4) is 6.07 Å². The zero-order chi connectivity index (χ0) is 12.1. The van der Waals surface area contributed by atoms with Gasteiger partial charge in [0, 0.05) is 12.0 Å². The van der Waals surface area contributed by atoms with Gasteiger partial charge in [0.25, 0.3) is 0 Å². The Balaban J connectivity index is 2.92. The third-order valence-electron chi connectivity index (χ3n) is 2.07. The van der Waals surface area contributed by atoms with Crippen molar-refractivity contribution in [3.63, 3.8) is 0 Å². The SMILES string of the molecule is CC(=O)CC(C#N)C(=O)c1cccc(F)c1. The fraction of sp³-hybridized carbons (Fsp3) is 0.250. The van der Waals surface area contributed by atoms with E-state index in [-0.39, 0.29) is 17.8 Å². The molecule has 1 atom stereocenters. The molecule has 0 fully saturated rings. The van der Waals surface area contributed by atoms with Crippen LogP contribution in [0.15, 0.2) is 24.3 Å². The maximum atomic E-state index is 12.9. The van der Waals surface area contributed by atoms with Gasteiger partial charge in [-0.15, -0.1) is 0 Å². The van der Waals surface area contributed by atoms with Crippen LogP contribution in [0.2, 0.25) is 0 Å². The first-order chi connectivity index (χ1) is 7.54. The monoisotopic (exact) mass is 219 g/mol. The maximum absolute atomic E-state index is 12.9. The van der Waals surface area contributed by atoms with Gasteiger partial charge in [0.1, 0.15) is 17.5 Å². The highest BCUT2D eigenvalue weighted by Gasteiger charge is 2.21. The fourth-order valence-corrected chi connectivity index (χ4v) is 1.33. The topological polar surface area (TPSA) is 57.9 Å². The highest BCUT2D eigenvalue weighted by molar-refractivity contribution is 6.01. The second kappa shape index (κ2) is 5.17. The minimum absolute atomic E-state index is 0.118. The van der Waals surface area contributed by atoms with E-state index in [1.807, 2.05) is 0 Å². The third-order valence-corrected chi connectivity index (χ3v) is 2.07. The van der Waals surface area contributed by atoms with Crippen molar-refractivity contribution in [1.29, 1.82) is 5.26 Å². The number of nitriles is 1. The Morgan fingerprint density at radius 3 is 2.69 bits per heavy atom. The first-order valence-corrected chi connectivity index (χ1v) is 4.73. The molecule has 0 N–H and O–H groups in total. The summed E-state index contributed by atoms with van der Waals surface area (Å²) in [5.74, 6) is -2.32. The van der Waals surface area contributed by atoms with Crippen LogP contribution in [-0.4, -0.2) is 11.6 Å². The molecule has 1 aromatic rings. The van der Waals surface area contributed by atoms with Crippen molar-refractivity contribution in [2.75, 3.05) is 0 Å². The lowest BCUT2D eigenvalue weighted by atomic mass is 9.94. The van der Waals surface area contributed by atoms with Crippen molar-refractivity contribution in [2.24, 2.45) is 5.92 Å². The number of halogens is 1. The summed E-state index contributed by atoms with van der Waals surface area (Å²) >= 11 is 0. The Kier molecular flexibility index (Phi) is 3.90. The van der Waals surface area contributed by atoms with Gasteiger partial charge < -0.3 is 0 Å². The van der Waals surface area contributed by atoms with Crippen LogP contribution in [0.5, 0.6) is 0 Å². The van der Waals surface area contributed by atoms with Gasteiger partial charge in [-0.2, -0.15) is 5.26 Å². The summed E-state index contributed by atoms with van der Waals surface area (Å²) in [7, 11) is 0. The van der Waals surface area contributed by atoms with Crippen LogP contribution in [-0.2, 0) is 4.79 Å². The van der Waals surface area contributed by atoms with E-state index in [2.05, 4.69) is 0 Å². The van der Waals surface area contributed by atoms with E-state index in [9.17, 15) is 14.0 Å². The van der Waals surface area contributed by atoms with E-state index in [1.165, 1.54) is 25.1 Å². The standard InChI is InChI=1S/C12H10FNO2/c1-8(15)5-10(7-14)12(16)9-3-2-4-11(13)6-9/h2-4,6,10H,5H2,1H3. The van der Waals surface area contributed by atoms with Crippen molar-refractivity contribution < 1.29 is 14.0 Å². The number of Topliss-reactive ketones (excluding diaryl/α,β-unsaturated/α-hetero) is 2. The van der Waals surface area contributed by atoms with Crippen molar-refractivity contribution in [3.05, 3.63) is 35.6 Å². The predicted octanol–water partition coefficient (Wildman–Crippen LogP) is 2.13. The number of hydrogen-bond acceptors (Lipinski definition) is 3. The molecule has 0 bridgehead atoms. The highest BCUT2D eigenvalue weighted by atomic mass is 19.1. The smallest absolute Gasteiger partial charge is 0.180 e. The highest BCUT2D eigenvalue weighted by Crippen LogP contribution is 2.13. The molecule has 0 aromatic heterocycles. The number of hydrogen-bond donors (Lipinski definition) is 0. The van der Waals surface area contributed by atoms with Gasteiger partial charge in [0.05, 0.1) is 6.07 Å². The molecule has 0 amide bonds. The third kappa shape index (κ3) is 2.99. The number of rotatable bonds is 4. The number of benzene rings is 1. The average Bonchev–Trinajstić information content (AvgIpc) is 2.24. The molecule has 0 radical (unpaired) electrons. The lowest BCUT2D eigenvalue weighted by molar-refractivity contribution is -0.117. The summed E-state index contributed by atoms with van der Waals surface area (Å²) in [4.78, 5) is 22.6. The minimum Gasteiger partial charge on any atom is -0.300 e. The zero-order valence-electron chi connectivity index (χ0n) is 8.74. The van der Waals surface area contributed by atoms with Gasteiger partial charge >= 0.3 is 0 Å². The van der Waals surface area contributed by atoms with Crippen LogP contribution in [0.3, 0.4) is 0 Å². The average molecular weight is 219 g/mol. The molecule has 4 heteroatoms. The molecule has 1 unspecified atom stereocenters. The summed E-state index contributed by atoms with van der Waals surface area (Å²) in [6.07, 6.45) is -0.133. The van der Waals surface area contributed by atoms with Crippen molar-refractivity contribution >= 4 is 11.6 Å². The first-order valence-electron chi connectivity index (χ1n) is 4.73. The predicted molar refractivity (Wildman–Crippen MR) is 55.1 cm³/mol. The first kappa shape index (κ1) is 12.1. The van der Waals surface area contributed by atoms with Crippen LogP contribution >= 0.6 is 0 Å². The molecule has 1 rings (SSSR count). The summed E-state index contributed by atoms with van der Waals surface area (Å²) in [6.45, 7) is 1.31. The zero-order valence-corrected chi connectivity index (χ0v) is 8.74. The normalized spacial score (nSPS) is 11.6. The Morgan fingerprint density at radius 2 is 2.19 bits per heavy atom. The molecule has 0 spiro atoms. The van der Waals surface area contributed by atoms with Crippen LogP contribution in [0.1, 0.15) is 23.7 Å². The largest absolute Gasteiger partial charge is 0.300 e. The Hall–Kier alpha value is -2.02. The van der Waals surface area contributed by atoms with Crippen LogP contribution in [0, 0.1) is 23.1 Å². The molecule has 0 aliphatic carbocycles. The van der Waals surface area contributed by atoms with E-state index >= 15 is 0 Å². The summed E-state index contributed by atoms with van der Waals surface area (Å²) in [6, 6.07) is 6.85. The van der Waals surface area contributed by atoms with Crippen LogP contribution < -0.4 is 0 Å². The van der Waals surface area contributed by atoms with E-state index in [0.29, 0.717) is 0 Å². The second-order valence-corrected chi connectivity index (χ2v) is 3.46.